The van der Waals surface area contributed by atoms with Crippen LogP contribution >= 0.6 is 11.6 Å². The van der Waals surface area contributed by atoms with Gasteiger partial charge in [0.2, 0.25) is 0 Å². The summed E-state index contributed by atoms with van der Waals surface area (Å²) in [5, 5.41) is 13.0. The normalized spacial score (nSPS) is 10.2. The molecular formula is C11H7ClN2O3. The summed E-state index contributed by atoms with van der Waals surface area (Å²) >= 11 is 5.87. The van der Waals surface area contributed by atoms with E-state index in [1.165, 1.54) is 16.8 Å². The Kier molecular flexibility index (Phi) is 2.93. The van der Waals surface area contributed by atoms with Gasteiger partial charge in [-0.3, -0.25) is 4.79 Å². The van der Waals surface area contributed by atoms with E-state index in [0.717, 1.165) is 0 Å². The van der Waals surface area contributed by atoms with E-state index in [2.05, 4.69) is 5.10 Å². The molecule has 0 bridgehead atoms. The average molecular weight is 251 g/mol. The Balaban J connectivity index is 2.34. The molecule has 86 valence electrons. The maximum absolute atomic E-state index is 11.2. The summed E-state index contributed by atoms with van der Waals surface area (Å²) in [6.45, 7) is 0. The molecule has 2 aromatic rings. The van der Waals surface area contributed by atoms with Gasteiger partial charge >= 0.3 is 5.97 Å². The number of nitrogens with zero attached hydrogens (tertiary/aromatic N) is 2. The summed E-state index contributed by atoms with van der Waals surface area (Å²) < 4.78 is 1.47. The van der Waals surface area contributed by atoms with Crippen LogP contribution in [0.1, 0.15) is 10.4 Å². The van der Waals surface area contributed by atoms with Crippen molar-refractivity contribution in [1.82, 2.24) is 9.78 Å². The molecule has 1 N–H and O–H groups in total. The highest BCUT2D eigenvalue weighted by Gasteiger charge is 2.14. The molecule has 0 atom stereocenters. The molecule has 0 radical (unpaired) electrons. The van der Waals surface area contributed by atoms with Crippen LogP contribution in [-0.2, 0) is 4.79 Å². The van der Waals surface area contributed by atoms with Gasteiger partial charge in [-0.05, 0) is 30.3 Å². The second kappa shape index (κ2) is 4.39. The standard InChI is InChI=1S/C11H7ClN2O3/c12-9-5-6-13-14(9)8-3-1-7(2-4-8)10(15)11(16)17/h1-6H,(H,16,17). The Morgan fingerprint density at radius 1 is 1.18 bits per heavy atom. The van der Waals surface area contributed by atoms with Crippen molar-refractivity contribution >= 4 is 23.4 Å². The topological polar surface area (TPSA) is 72.2 Å². The first-order valence-electron chi connectivity index (χ1n) is 4.67. The smallest absolute Gasteiger partial charge is 0.377 e. The van der Waals surface area contributed by atoms with Crippen molar-refractivity contribution in [2.75, 3.05) is 0 Å². The zero-order valence-corrected chi connectivity index (χ0v) is 9.26. The van der Waals surface area contributed by atoms with Crippen LogP contribution in [0.15, 0.2) is 36.5 Å². The number of aliphatic carboxylic acids is 1. The van der Waals surface area contributed by atoms with E-state index in [-0.39, 0.29) is 5.56 Å². The molecule has 0 aliphatic rings. The number of carbonyl (C=O) groups is 2. The molecule has 1 aromatic carbocycles. The van der Waals surface area contributed by atoms with Crippen molar-refractivity contribution in [3.8, 4) is 5.69 Å². The van der Waals surface area contributed by atoms with Gasteiger partial charge in [0, 0.05) is 5.56 Å². The van der Waals surface area contributed by atoms with Crippen LogP contribution in [0, 0.1) is 0 Å². The highest BCUT2D eigenvalue weighted by Crippen LogP contribution is 2.15. The molecule has 0 aliphatic heterocycles. The van der Waals surface area contributed by atoms with E-state index in [1.807, 2.05) is 0 Å². The van der Waals surface area contributed by atoms with Crippen molar-refractivity contribution in [3.05, 3.63) is 47.2 Å². The minimum Gasteiger partial charge on any atom is -0.475 e. The molecule has 0 spiro atoms. The Labute approximate surface area is 101 Å². The van der Waals surface area contributed by atoms with Crippen LogP contribution in [0.4, 0.5) is 0 Å². The van der Waals surface area contributed by atoms with Gasteiger partial charge in [0.15, 0.2) is 0 Å². The first-order valence-corrected chi connectivity index (χ1v) is 5.05. The molecule has 5 nitrogen and oxygen atoms in total. The van der Waals surface area contributed by atoms with Crippen LogP contribution in [0.25, 0.3) is 5.69 Å². The number of aromatic nitrogens is 2. The highest BCUT2D eigenvalue weighted by atomic mass is 35.5. The van der Waals surface area contributed by atoms with Gasteiger partial charge in [-0.15, -0.1) is 0 Å². The zero-order valence-electron chi connectivity index (χ0n) is 8.50. The molecule has 1 heterocycles. The molecule has 1 aromatic heterocycles. The number of benzene rings is 1. The Hall–Kier alpha value is -2.14. The first kappa shape index (κ1) is 11.3. The number of rotatable bonds is 3. The van der Waals surface area contributed by atoms with Gasteiger partial charge in [-0.1, -0.05) is 11.6 Å². The lowest BCUT2D eigenvalue weighted by molar-refractivity contribution is -0.131. The number of hydrogen-bond acceptors (Lipinski definition) is 3. The lowest BCUT2D eigenvalue weighted by atomic mass is 10.1. The number of ketones is 1. The molecule has 6 heteroatoms. The molecule has 0 amide bonds. The van der Waals surface area contributed by atoms with Crippen molar-refractivity contribution in [1.29, 1.82) is 0 Å². The molecule has 0 fully saturated rings. The molecule has 0 saturated carbocycles. The fourth-order valence-electron chi connectivity index (χ4n) is 1.35. The van der Waals surface area contributed by atoms with Crippen LogP contribution in [0.3, 0.4) is 0 Å². The monoisotopic (exact) mass is 250 g/mol. The van der Waals surface area contributed by atoms with Crippen molar-refractivity contribution in [2.24, 2.45) is 0 Å². The number of carbonyl (C=O) groups excluding carboxylic acids is 1. The summed E-state index contributed by atoms with van der Waals surface area (Å²) in [6.07, 6.45) is 1.54. The minimum absolute atomic E-state index is 0.115. The maximum atomic E-state index is 11.2. The van der Waals surface area contributed by atoms with Gasteiger partial charge in [0.25, 0.3) is 5.78 Å². The van der Waals surface area contributed by atoms with Gasteiger partial charge < -0.3 is 5.11 Å². The number of halogens is 1. The lowest BCUT2D eigenvalue weighted by Gasteiger charge is -2.03. The van der Waals surface area contributed by atoms with Crippen molar-refractivity contribution < 1.29 is 14.7 Å². The molecular weight excluding hydrogens is 244 g/mol. The molecule has 0 aliphatic carbocycles. The van der Waals surface area contributed by atoms with E-state index >= 15 is 0 Å². The predicted molar refractivity (Wildman–Crippen MR) is 60.5 cm³/mol. The van der Waals surface area contributed by atoms with Crippen molar-refractivity contribution in [2.45, 2.75) is 0 Å². The van der Waals surface area contributed by atoms with E-state index in [0.29, 0.717) is 10.8 Å². The summed E-state index contributed by atoms with van der Waals surface area (Å²) in [5.74, 6) is -2.42. The molecule has 0 unspecified atom stereocenters. The van der Waals surface area contributed by atoms with E-state index in [9.17, 15) is 9.59 Å². The van der Waals surface area contributed by atoms with Gasteiger partial charge in [0.05, 0.1) is 11.9 Å². The molecule has 0 saturated heterocycles. The van der Waals surface area contributed by atoms with E-state index < -0.39 is 11.8 Å². The molecule has 2 rings (SSSR count). The van der Waals surface area contributed by atoms with Crippen LogP contribution in [0.2, 0.25) is 5.15 Å². The Morgan fingerprint density at radius 2 is 1.82 bits per heavy atom. The first-order chi connectivity index (χ1) is 8.09. The van der Waals surface area contributed by atoms with Crippen LogP contribution < -0.4 is 0 Å². The second-order valence-corrected chi connectivity index (χ2v) is 3.63. The summed E-state index contributed by atoms with van der Waals surface area (Å²) in [7, 11) is 0. The largest absolute Gasteiger partial charge is 0.475 e. The van der Waals surface area contributed by atoms with Crippen LogP contribution in [-0.4, -0.2) is 26.6 Å². The Bertz CT molecular complexity index is 575. The number of carboxylic acids is 1. The predicted octanol–water partition coefficient (Wildman–Crippen LogP) is 1.79. The zero-order chi connectivity index (χ0) is 12.4. The third-order valence-corrected chi connectivity index (χ3v) is 2.45. The number of carboxylic acid groups (broad SMARTS) is 1. The molecule has 17 heavy (non-hydrogen) atoms. The van der Waals surface area contributed by atoms with Gasteiger partial charge in [-0.25, -0.2) is 9.48 Å². The third-order valence-electron chi connectivity index (χ3n) is 2.16. The second-order valence-electron chi connectivity index (χ2n) is 3.25. The van der Waals surface area contributed by atoms with Crippen LogP contribution in [0.5, 0.6) is 0 Å². The Morgan fingerprint density at radius 3 is 2.29 bits per heavy atom. The number of hydrogen-bond donors (Lipinski definition) is 1. The third kappa shape index (κ3) is 2.19. The van der Waals surface area contributed by atoms with E-state index in [1.54, 1.807) is 24.4 Å². The number of Topliss-reactive ketones (excluding diaryl/α,β-unsaturated/α-hetero) is 1. The van der Waals surface area contributed by atoms with Gasteiger partial charge in [0.1, 0.15) is 5.15 Å². The maximum Gasteiger partial charge on any atom is 0.377 e. The lowest BCUT2D eigenvalue weighted by Crippen LogP contribution is -2.12. The fraction of sp³-hybridized carbons (Fsp3) is 0. The highest BCUT2D eigenvalue weighted by molar-refractivity contribution is 6.39. The summed E-state index contributed by atoms with van der Waals surface area (Å²) in [6, 6.07) is 7.62. The van der Waals surface area contributed by atoms with Crippen molar-refractivity contribution in [3.63, 3.8) is 0 Å². The van der Waals surface area contributed by atoms with E-state index in [4.69, 9.17) is 16.7 Å². The SMILES string of the molecule is O=C(O)C(=O)c1ccc(-n2nccc2Cl)cc1. The average Bonchev–Trinajstić information content (AvgIpc) is 2.74. The fourth-order valence-corrected chi connectivity index (χ4v) is 1.55. The van der Waals surface area contributed by atoms with Gasteiger partial charge in [-0.2, -0.15) is 5.10 Å². The quantitative estimate of drug-likeness (QED) is 0.666. The summed E-state index contributed by atoms with van der Waals surface area (Å²) in [4.78, 5) is 21.6. The summed E-state index contributed by atoms with van der Waals surface area (Å²) in [5.41, 5.74) is 0.770. The minimum atomic E-state index is -1.48.